The Hall–Kier alpha value is -2.62. The van der Waals surface area contributed by atoms with Crippen LogP contribution >= 0.6 is 0 Å². The number of furan rings is 1. The summed E-state index contributed by atoms with van der Waals surface area (Å²) < 4.78 is 18.9. The van der Waals surface area contributed by atoms with Crippen LogP contribution in [0.25, 0.3) is 22.3 Å². The standard InChI is InChI=1S/C15H9FO3/c16-10-5-6-11(15(17)18)12(8-10)14-7-9-3-1-2-4-13(9)19-14/h1-8H,(H,17,18). The first-order valence-electron chi connectivity index (χ1n) is 5.67. The maximum atomic E-state index is 13.3. The average molecular weight is 256 g/mol. The van der Waals surface area contributed by atoms with Crippen molar-refractivity contribution in [3.05, 3.63) is 59.9 Å². The van der Waals surface area contributed by atoms with Crippen LogP contribution in [0.2, 0.25) is 0 Å². The van der Waals surface area contributed by atoms with Gasteiger partial charge in [-0.1, -0.05) is 18.2 Å². The summed E-state index contributed by atoms with van der Waals surface area (Å²) >= 11 is 0. The van der Waals surface area contributed by atoms with E-state index in [1.54, 1.807) is 12.1 Å². The van der Waals surface area contributed by atoms with Crippen molar-refractivity contribution in [3.63, 3.8) is 0 Å². The fourth-order valence-corrected chi connectivity index (χ4v) is 2.02. The Morgan fingerprint density at radius 1 is 1.11 bits per heavy atom. The lowest BCUT2D eigenvalue weighted by Gasteiger charge is -2.02. The zero-order valence-corrected chi connectivity index (χ0v) is 9.76. The minimum absolute atomic E-state index is 0.0143. The summed E-state index contributed by atoms with van der Waals surface area (Å²) in [5.74, 6) is -1.27. The fourth-order valence-electron chi connectivity index (χ4n) is 2.02. The first-order valence-corrected chi connectivity index (χ1v) is 5.67. The highest BCUT2D eigenvalue weighted by molar-refractivity contribution is 5.96. The molecule has 4 heteroatoms. The third-order valence-electron chi connectivity index (χ3n) is 2.90. The van der Waals surface area contributed by atoms with Gasteiger partial charge in [-0.2, -0.15) is 0 Å². The van der Waals surface area contributed by atoms with Gasteiger partial charge in [0.2, 0.25) is 0 Å². The van der Waals surface area contributed by atoms with Crippen LogP contribution in [0.1, 0.15) is 10.4 Å². The Bertz CT molecular complexity index is 741. The number of hydrogen-bond acceptors (Lipinski definition) is 2. The highest BCUT2D eigenvalue weighted by Crippen LogP contribution is 2.30. The van der Waals surface area contributed by atoms with E-state index in [0.29, 0.717) is 11.3 Å². The third kappa shape index (κ3) is 1.97. The van der Waals surface area contributed by atoms with Gasteiger partial charge in [0.25, 0.3) is 0 Å². The molecule has 3 aromatic rings. The van der Waals surface area contributed by atoms with Gasteiger partial charge < -0.3 is 9.52 Å². The number of rotatable bonds is 2. The number of para-hydroxylation sites is 1. The molecule has 3 rings (SSSR count). The molecule has 1 aromatic heterocycles. The molecule has 3 nitrogen and oxygen atoms in total. The van der Waals surface area contributed by atoms with E-state index < -0.39 is 11.8 Å². The van der Waals surface area contributed by atoms with E-state index in [1.165, 1.54) is 12.1 Å². The third-order valence-corrected chi connectivity index (χ3v) is 2.90. The van der Waals surface area contributed by atoms with Gasteiger partial charge in [-0.15, -0.1) is 0 Å². The number of fused-ring (bicyclic) bond motifs is 1. The molecule has 0 saturated heterocycles. The van der Waals surface area contributed by atoms with Crippen LogP contribution in [0, 0.1) is 5.82 Å². The molecule has 2 aromatic carbocycles. The van der Waals surface area contributed by atoms with Crippen LogP contribution in [0.15, 0.2) is 52.9 Å². The van der Waals surface area contributed by atoms with Crippen molar-refractivity contribution in [2.45, 2.75) is 0 Å². The van der Waals surface area contributed by atoms with Gasteiger partial charge in [0.15, 0.2) is 0 Å². The van der Waals surface area contributed by atoms with Gasteiger partial charge in [-0.25, -0.2) is 9.18 Å². The van der Waals surface area contributed by atoms with E-state index >= 15 is 0 Å². The van der Waals surface area contributed by atoms with Gasteiger partial charge in [0.05, 0.1) is 5.56 Å². The van der Waals surface area contributed by atoms with E-state index in [0.717, 1.165) is 11.5 Å². The smallest absolute Gasteiger partial charge is 0.336 e. The second-order valence-electron chi connectivity index (χ2n) is 4.14. The second-order valence-corrected chi connectivity index (χ2v) is 4.14. The number of hydrogen-bond donors (Lipinski definition) is 1. The van der Waals surface area contributed by atoms with Crippen LogP contribution in [0.3, 0.4) is 0 Å². The van der Waals surface area contributed by atoms with Crippen molar-refractivity contribution < 1.29 is 18.7 Å². The van der Waals surface area contributed by atoms with Crippen LogP contribution in [-0.4, -0.2) is 11.1 Å². The quantitative estimate of drug-likeness (QED) is 0.755. The molecular formula is C15H9FO3. The zero-order chi connectivity index (χ0) is 13.4. The van der Waals surface area contributed by atoms with Crippen molar-refractivity contribution in [1.29, 1.82) is 0 Å². The van der Waals surface area contributed by atoms with Gasteiger partial charge in [-0.05, 0) is 30.3 Å². The molecular weight excluding hydrogens is 247 g/mol. The van der Waals surface area contributed by atoms with Crippen LogP contribution < -0.4 is 0 Å². The van der Waals surface area contributed by atoms with Crippen LogP contribution in [-0.2, 0) is 0 Å². The molecule has 0 unspecified atom stereocenters. The topological polar surface area (TPSA) is 50.4 Å². The van der Waals surface area contributed by atoms with E-state index in [-0.39, 0.29) is 11.1 Å². The largest absolute Gasteiger partial charge is 0.478 e. The van der Waals surface area contributed by atoms with Gasteiger partial charge in [0.1, 0.15) is 17.2 Å². The normalized spacial score (nSPS) is 10.8. The summed E-state index contributed by atoms with van der Waals surface area (Å²) in [4.78, 5) is 11.2. The second kappa shape index (κ2) is 4.24. The number of benzene rings is 2. The summed E-state index contributed by atoms with van der Waals surface area (Å²) in [7, 11) is 0. The Labute approximate surface area is 107 Å². The summed E-state index contributed by atoms with van der Waals surface area (Å²) in [6.45, 7) is 0. The number of carbonyl (C=O) groups is 1. The van der Waals surface area contributed by atoms with Gasteiger partial charge >= 0.3 is 5.97 Å². The highest BCUT2D eigenvalue weighted by atomic mass is 19.1. The van der Waals surface area contributed by atoms with Gasteiger partial charge in [0, 0.05) is 10.9 Å². The zero-order valence-electron chi connectivity index (χ0n) is 9.76. The maximum Gasteiger partial charge on any atom is 0.336 e. The highest BCUT2D eigenvalue weighted by Gasteiger charge is 2.16. The number of carboxylic acids is 1. The lowest BCUT2D eigenvalue weighted by atomic mass is 10.0. The van der Waals surface area contributed by atoms with Crippen molar-refractivity contribution in [1.82, 2.24) is 0 Å². The molecule has 0 aliphatic rings. The van der Waals surface area contributed by atoms with E-state index in [9.17, 15) is 9.18 Å². The summed E-state index contributed by atoms with van der Waals surface area (Å²) in [5.41, 5.74) is 0.891. The van der Waals surface area contributed by atoms with Gasteiger partial charge in [-0.3, -0.25) is 0 Å². The molecule has 1 heterocycles. The molecule has 0 fully saturated rings. The van der Waals surface area contributed by atoms with E-state index in [1.807, 2.05) is 18.2 Å². The number of halogens is 1. The average Bonchev–Trinajstić information content (AvgIpc) is 2.81. The monoisotopic (exact) mass is 256 g/mol. The summed E-state index contributed by atoms with van der Waals surface area (Å²) in [5, 5.41) is 9.97. The minimum atomic E-state index is -1.12. The molecule has 0 atom stereocenters. The van der Waals surface area contributed by atoms with Crippen molar-refractivity contribution >= 4 is 16.9 Å². The molecule has 1 N–H and O–H groups in total. The first-order chi connectivity index (χ1) is 9.15. The van der Waals surface area contributed by atoms with E-state index in [4.69, 9.17) is 9.52 Å². The Morgan fingerprint density at radius 2 is 1.89 bits per heavy atom. The Morgan fingerprint density at radius 3 is 2.63 bits per heavy atom. The molecule has 94 valence electrons. The molecule has 0 spiro atoms. The maximum absolute atomic E-state index is 13.3. The molecule has 0 amide bonds. The Kier molecular flexibility index (Phi) is 2.56. The van der Waals surface area contributed by atoms with E-state index in [2.05, 4.69) is 0 Å². The molecule has 0 radical (unpaired) electrons. The predicted octanol–water partition coefficient (Wildman–Crippen LogP) is 3.94. The summed E-state index contributed by atoms with van der Waals surface area (Å²) in [6, 6.07) is 12.5. The molecule has 0 aliphatic heterocycles. The summed E-state index contributed by atoms with van der Waals surface area (Å²) in [6.07, 6.45) is 0. The predicted molar refractivity (Wildman–Crippen MR) is 68.6 cm³/mol. The minimum Gasteiger partial charge on any atom is -0.478 e. The lowest BCUT2D eigenvalue weighted by molar-refractivity contribution is 0.0697. The van der Waals surface area contributed by atoms with Crippen LogP contribution in [0.4, 0.5) is 4.39 Å². The lowest BCUT2D eigenvalue weighted by Crippen LogP contribution is -1.99. The number of carboxylic acid groups (broad SMARTS) is 1. The molecule has 0 saturated carbocycles. The van der Waals surface area contributed by atoms with Crippen molar-refractivity contribution in [2.75, 3.05) is 0 Å². The molecule has 19 heavy (non-hydrogen) atoms. The fraction of sp³-hybridized carbons (Fsp3) is 0. The molecule has 0 aliphatic carbocycles. The van der Waals surface area contributed by atoms with Crippen molar-refractivity contribution in [3.8, 4) is 11.3 Å². The first kappa shape index (κ1) is 11.5. The molecule has 0 bridgehead atoms. The SMILES string of the molecule is O=C(O)c1ccc(F)cc1-c1cc2ccccc2o1. The van der Waals surface area contributed by atoms with Crippen LogP contribution in [0.5, 0.6) is 0 Å². The Balaban J connectivity index is 2.25. The van der Waals surface area contributed by atoms with Crippen molar-refractivity contribution in [2.24, 2.45) is 0 Å². The number of aromatic carboxylic acids is 1.